The fourth-order valence-corrected chi connectivity index (χ4v) is 5.05. The molecule has 1 aliphatic carbocycles. The van der Waals surface area contributed by atoms with Crippen LogP contribution in [-0.4, -0.2) is 45.4 Å². The molecule has 0 bridgehead atoms. The molecule has 8 nitrogen and oxygen atoms in total. The Kier molecular flexibility index (Phi) is 6.78. The molecule has 2 aromatic rings. The third-order valence-electron chi connectivity index (χ3n) is 6.09. The molecule has 4 rings (SSSR count). The third kappa shape index (κ3) is 5.24. The second kappa shape index (κ2) is 9.74. The Morgan fingerprint density at radius 3 is 2.64 bits per heavy atom. The van der Waals surface area contributed by atoms with Crippen LogP contribution in [0.4, 0.5) is 5.13 Å². The van der Waals surface area contributed by atoms with Crippen LogP contribution in [0, 0.1) is 5.92 Å². The first-order valence-corrected chi connectivity index (χ1v) is 12.1. The predicted octanol–water partition coefficient (Wildman–Crippen LogP) is 3.85. The van der Waals surface area contributed by atoms with E-state index >= 15 is 0 Å². The Morgan fingerprint density at radius 2 is 1.97 bits per heavy atom. The van der Waals surface area contributed by atoms with Crippen molar-refractivity contribution < 1.29 is 19.5 Å². The molecule has 0 saturated carbocycles. The van der Waals surface area contributed by atoms with Crippen LogP contribution in [0.1, 0.15) is 66.1 Å². The lowest BCUT2D eigenvalue weighted by molar-refractivity contribution is -0.132. The number of amides is 1. The quantitative estimate of drug-likeness (QED) is 0.598. The van der Waals surface area contributed by atoms with Crippen LogP contribution in [0.15, 0.2) is 41.1 Å². The summed E-state index contributed by atoms with van der Waals surface area (Å²) >= 11 is 1.60. The standard InChI is InChI=1S/C24H28N4O4S/c1-15-10-17(23(31)32)6-7-20(15)26-22(30)21-11-18(16(2)29)12-28(21)13-19-14-33-24(25-19)27-8-4-3-5-9-27/h6-7,11-12,14-15H,3-5,8-10,13H2,1-2H3,(H,26,30)(H,31,32). The number of Topliss-reactive ketones (excluding diaryl/α,β-unsaturated/α-hetero) is 1. The number of ketones is 1. The molecular formula is C24H28N4O4S. The first-order chi connectivity index (χ1) is 15.8. The Balaban J connectivity index is 1.54. The monoisotopic (exact) mass is 468 g/mol. The first-order valence-electron chi connectivity index (χ1n) is 11.2. The molecule has 0 spiro atoms. The predicted molar refractivity (Wildman–Crippen MR) is 127 cm³/mol. The van der Waals surface area contributed by atoms with Gasteiger partial charge in [-0.2, -0.15) is 0 Å². The molecule has 1 fully saturated rings. The Hall–Kier alpha value is -3.20. The van der Waals surface area contributed by atoms with Crippen molar-refractivity contribution in [1.29, 1.82) is 0 Å². The van der Waals surface area contributed by atoms with Crippen molar-refractivity contribution in [2.75, 3.05) is 18.0 Å². The Bertz CT molecular complexity index is 1140. The topological polar surface area (TPSA) is 105 Å². The molecule has 1 saturated heterocycles. The van der Waals surface area contributed by atoms with E-state index in [0.717, 1.165) is 23.9 Å². The molecule has 1 aliphatic heterocycles. The highest BCUT2D eigenvalue weighted by Crippen LogP contribution is 2.26. The van der Waals surface area contributed by atoms with E-state index in [1.165, 1.54) is 32.3 Å². The molecule has 2 aliphatic rings. The fourth-order valence-electron chi connectivity index (χ4n) is 4.18. The van der Waals surface area contributed by atoms with E-state index in [2.05, 4.69) is 10.2 Å². The highest BCUT2D eigenvalue weighted by Gasteiger charge is 2.23. The number of aliphatic carboxylic acids is 1. The molecule has 33 heavy (non-hydrogen) atoms. The molecule has 174 valence electrons. The zero-order valence-electron chi connectivity index (χ0n) is 18.8. The summed E-state index contributed by atoms with van der Waals surface area (Å²) in [5, 5.41) is 15.1. The first kappa shape index (κ1) is 23.0. The van der Waals surface area contributed by atoms with E-state index in [0.29, 0.717) is 35.5 Å². The molecule has 1 amide bonds. The summed E-state index contributed by atoms with van der Waals surface area (Å²) in [4.78, 5) is 43.4. The van der Waals surface area contributed by atoms with E-state index in [9.17, 15) is 19.5 Å². The summed E-state index contributed by atoms with van der Waals surface area (Å²) in [5.41, 5.74) is 2.65. The second-order valence-electron chi connectivity index (χ2n) is 8.65. The average Bonchev–Trinajstić information content (AvgIpc) is 3.43. The molecule has 1 unspecified atom stereocenters. The molecular weight excluding hydrogens is 440 g/mol. The van der Waals surface area contributed by atoms with Crippen molar-refractivity contribution in [2.24, 2.45) is 5.92 Å². The van der Waals surface area contributed by atoms with Crippen molar-refractivity contribution in [3.63, 3.8) is 0 Å². The molecule has 0 aromatic carbocycles. The van der Waals surface area contributed by atoms with Crippen LogP contribution in [-0.2, 0) is 11.3 Å². The summed E-state index contributed by atoms with van der Waals surface area (Å²) in [6.07, 6.45) is 8.81. The van der Waals surface area contributed by atoms with Gasteiger partial charge in [0.15, 0.2) is 10.9 Å². The summed E-state index contributed by atoms with van der Waals surface area (Å²) in [6, 6.07) is 1.60. The van der Waals surface area contributed by atoms with Gasteiger partial charge in [0.05, 0.1) is 12.2 Å². The molecule has 2 N–H and O–H groups in total. The number of nitrogens with one attached hydrogen (secondary N) is 1. The van der Waals surface area contributed by atoms with Gasteiger partial charge in [-0.1, -0.05) is 13.0 Å². The normalized spacial score (nSPS) is 18.5. The summed E-state index contributed by atoms with van der Waals surface area (Å²) in [7, 11) is 0. The van der Waals surface area contributed by atoms with Gasteiger partial charge in [-0.3, -0.25) is 9.59 Å². The molecule has 9 heteroatoms. The summed E-state index contributed by atoms with van der Waals surface area (Å²) in [6.45, 7) is 5.77. The minimum absolute atomic E-state index is 0.116. The van der Waals surface area contributed by atoms with Gasteiger partial charge in [-0.25, -0.2) is 9.78 Å². The second-order valence-corrected chi connectivity index (χ2v) is 9.48. The number of allylic oxidation sites excluding steroid dienone is 3. The average molecular weight is 469 g/mol. The lowest BCUT2D eigenvalue weighted by Gasteiger charge is -2.25. The highest BCUT2D eigenvalue weighted by molar-refractivity contribution is 7.13. The number of piperidine rings is 1. The van der Waals surface area contributed by atoms with Gasteiger partial charge in [0.25, 0.3) is 5.91 Å². The maximum absolute atomic E-state index is 13.1. The maximum Gasteiger partial charge on any atom is 0.331 e. The van der Waals surface area contributed by atoms with Gasteiger partial charge in [0.1, 0.15) is 5.69 Å². The number of carboxylic acids is 1. The SMILES string of the molecule is CC(=O)c1cc(C(=O)NC2=CC=C(C(=O)O)CC2C)n(Cc2csc(N3CCCCC3)n2)c1. The minimum atomic E-state index is -0.948. The Morgan fingerprint density at radius 1 is 1.21 bits per heavy atom. The summed E-state index contributed by atoms with van der Waals surface area (Å²) in [5.74, 6) is -1.53. The van der Waals surface area contributed by atoms with Gasteiger partial charge >= 0.3 is 5.97 Å². The van der Waals surface area contributed by atoms with Gasteiger partial charge < -0.3 is 19.9 Å². The van der Waals surface area contributed by atoms with Gasteiger partial charge in [0.2, 0.25) is 0 Å². The number of carboxylic acid groups (broad SMARTS) is 1. The number of hydrogen-bond donors (Lipinski definition) is 2. The number of carbonyl (C=O) groups excluding carboxylic acids is 2. The van der Waals surface area contributed by atoms with Crippen molar-refractivity contribution >= 4 is 34.1 Å². The zero-order valence-corrected chi connectivity index (χ0v) is 19.7. The van der Waals surface area contributed by atoms with E-state index in [-0.39, 0.29) is 17.6 Å². The lowest BCUT2D eigenvalue weighted by Crippen LogP contribution is -2.30. The number of carbonyl (C=O) groups is 3. The highest BCUT2D eigenvalue weighted by atomic mass is 32.1. The fraction of sp³-hybridized carbons (Fsp3) is 0.417. The van der Waals surface area contributed by atoms with E-state index in [1.807, 2.05) is 12.3 Å². The van der Waals surface area contributed by atoms with E-state index < -0.39 is 5.97 Å². The van der Waals surface area contributed by atoms with Crippen LogP contribution in [0.2, 0.25) is 0 Å². The van der Waals surface area contributed by atoms with E-state index in [4.69, 9.17) is 4.98 Å². The molecule has 0 radical (unpaired) electrons. The number of aromatic nitrogens is 2. The van der Waals surface area contributed by atoms with Gasteiger partial charge in [-0.05, 0) is 44.7 Å². The number of hydrogen-bond acceptors (Lipinski definition) is 6. The maximum atomic E-state index is 13.1. The number of nitrogens with zero attached hydrogens (tertiary/aromatic N) is 3. The smallest absolute Gasteiger partial charge is 0.331 e. The third-order valence-corrected chi connectivity index (χ3v) is 7.04. The van der Waals surface area contributed by atoms with Gasteiger partial charge in [0, 0.05) is 47.4 Å². The number of rotatable bonds is 7. The van der Waals surface area contributed by atoms with Crippen molar-refractivity contribution in [3.05, 3.63) is 58.0 Å². The summed E-state index contributed by atoms with van der Waals surface area (Å²) < 4.78 is 1.76. The van der Waals surface area contributed by atoms with Crippen molar-refractivity contribution in [3.8, 4) is 0 Å². The van der Waals surface area contributed by atoms with Crippen LogP contribution in [0.3, 0.4) is 0 Å². The molecule has 1 atom stereocenters. The zero-order chi connectivity index (χ0) is 23.5. The van der Waals surface area contributed by atoms with Crippen LogP contribution >= 0.6 is 11.3 Å². The molecule has 3 heterocycles. The van der Waals surface area contributed by atoms with Crippen LogP contribution < -0.4 is 10.2 Å². The van der Waals surface area contributed by atoms with Crippen LogP contribution in [0.5, 0.6) is 0 Å². The van der Waals surface area contributed by atoms with E-state index in [1.54, 1.807) is 34.2 Å². The Labute approximate surface area is 196 Å². The minimum Gasteiger partial charge on any atom is -0.478 e. The molecule has 2 aromatic heterocycles. The largest absolute Gasteiger partial charge is 0.478 e. The van der Waals surface area contributed by atoms with Crippen molar-refractivity contribution in [2.45, 2.75) is 46.1 Å². The number of thiazole rings is 1. The number of anilines is 1. The van der Waals surface area contributed by atoms with Gasteiger partial charge in [-0.15, -0.1) is 11.3 Å². The van der Waals surface area contributed by atoms with Crippen molar-refractivity contribution in [1.82, 2.24) is 14.9 Å². The van der Waals surface area contributed by atoms with Crippen LogP contribution in [0.25, 0.3) is 0 Å². The lowest BCUT2D eigenvalue weighted by atomic mass is 9.92.